The summed E-state index contributed by atoms with van der Waals surface area (Å²) in [6.45, 7) is 4.57. The van der Waals surface area contributed by atoms with Gasteiger partial charge in [0.15, 0.2) is 11.6 Å². The molecule has 1 aliphatic rings. The Morgan fingerprint density at radius 2 is 0.664 bits per heavy atom. The van der Waals surface area contributed by atoms with Crippen molar-refractivity contribution < 1.29 is 8.83 Å². The summed E-state index contributed by atoms with van der Waals surface area (Å²) >= 11 is 0. The molecule has 23 rings (SSSR count). The second-order valence-electron chi connectivity index (χ2n) is 33.0. The molecule has 6 aromatic heterocycles. The van der Waals surface area contributed by atoms with Crippen molar-refractivity contribution in [1.82, 2.24) is 29.1 Å². The van der Waals surface area contributed by atoms with Gasteiger partial charge in [-0.15, -0.1) is 0 Å². The maximum absolute atomic E-state index is 6.72. The quantitative estimate of drug-likeness (QED) is 0.0958. The van der Waals surface area contributed by atoms with Crippen molar-refractivity contribution in [3.8, 4) is 135 Å². The number of rotatable bonds is 16. The summed E-state index contributed by atoms with van der Waals surface area (Å²) in [5, 5.41) is 9.07. The lowest BCUT2D eigenvalue weighted by molar-refractivity contribution is 0.443. The molecule has 0 saturated heterocycles. The summed E-state index contributed by atoms with van der Waals surface area (Å²) < 4.78 is 18.3. The van der Waals surface area contributed by atoms with Gasteiger partial charge in [0.2, 0.25) is 0 Å². The molecule has 8 nitrogen and oxygen atoms in total. The number of hydrogen-bond donors (Lipinski definition) is 0. The first-order chi connectivity index (χ1) is 60.3. The lowest BCUT2D eigenvalue weighted by atomic mass is 9.84. The zero-order chi connectivity index (χ0) is 80.9. The zero-order valence-electron chi connectivity index (χ0n) is 67.7. The smallest absolute Gasteiger partial charge is 0.160 e. The Kier molecular flexibility index (Phi) is 17.8. The van der Waals surface area contributed by atoms with Crippen molar-refractivity contribution in [2.75, 3.05) is 0 Å². The highest BCUT2D eigenvalue weighted by Crippen LogP contribution is 2.46. The third-order valence-electron chi connectivity index (χ3n) is 25.7. The third kappa shape index (κ3) is 12.8. The molecule has 0 N–H and O–H groups in total. The zero-order valence-corrected chi connectivity index (χ0v) is 67.7. The Bertz CT molecular complexity index is 7770. The number of fused-ring (bicyclic) bond motifs is 12. The molecule has 6 heterocycles. The van der Waals surface area contributed by atoms with Gasteiger partial charge in [-0.05, 0) is 219 Å². The molecular formula is C114H82N6O2. The molecule has 8 heteroatoms. The van der Waals surface area contributed by atoms with E-state index in [0.29, 0.717) is 23.5 Å². The van der Waals surface area contributed by atoms with Gasteiger partial charge in [0.1, 0.15) is 22.3 Å². The number of nitrogens with zero attached hydrogens (tertiary/aromatic N) is 6. The predicted molar refractivity (Wildman–Crippen MR) is 505 cm³/mol. The van der Waals surface area contributed by atoms with Gasteiger partial charge < -0.3 is 18.0 Å². The highest BCUT2D eigenvalue weighted by Gasteiger charge is 2.24. The third-order valence-corrected chi connectivity index (χ3v) is 25.7. The fraction of sp³-hybridized carbons (Fsp3) is 0.0877. The molecule has 0 bridgehead atoms. The van der Waals surface area contributed by atoms with Crippen LogP contribution in [0.25, 0.3) is 222 Å². The topological polar surface area (TPSA) is 87.7 Å². The molecule has 1 unspecified atom stereocenters. The van der Waals surface area contributed by atoms with Crippen LogP contribution in [0.15, 0.2) is 385 Å². The van der Waals surface area contributed by atoms with E-state index < -0.39 is 0 Å². The maximum atomic E-state index is 6.72. The molecule has 1 atom stereocenters. The molecule has 1 saturated carbocycles. The minimum Gasteiger partial charge on any atom is -0.456 e. The molecule has 0 spiro atoms. The van der Waals surface area contributed by atoms with Crippen molar-refractivity contribution in [1.29, 1.82) is 0 Å². The van der Waals surface area contributed by atoms with Crippen LogP contribution in [-0.4, -0.2) is 29.1 Å². The van der Waals surface area contributed by atoms with Gasteiger partial charge in [-0.2, -0.15) is 0 Å². The number of furan rings is 2. The average molecular weight is 1570 g/mol. The highest BCUT2D eigenvalue weighted by molar-refractivity contribution is 6.17. The Labute approximate surface area is 707 Å². The predicted octanol–water partition coefficient (Wildman–Crippen LogP) is 31.2. The van der Waals surface area contributed by atoms with Gasteiger partial charge in [0.05, 0.1) is 44.8 Å². The van der Waals surface area contributed by atoms with Gasteiger partial charge in [0.25, 0.3) is 0 Å². The van der Waals surface area contributed by atoms with Crippen LogP contribution in [0.1, 0.15) is 75.3 Å². The van der Waals surface area contributed by atoms with E-state index in [2.05, 4.69) is 387 Å². The van der Waals surface area contributed by atoms with E-state index in [4.69, 9.17) is 28.8 Å². The Balaban J connectivity index is 0.572. The Hall–Kier alpha value is -15.1. The van der Waals surface area contributed by atoms with Gasteiger partial charge >= 0.3 is 0 Å². The normalized spacial score (nSPS) is 13.0. The lowest BCUT2D eigenvalue weighted by Gasteiger charge is -2.22. The van der Waals surface area contributed by atoms with Gasteiger partial charge in [-0.1, -0.05) is 288 Å². The number of aromatic nitrogens is 6. The van der Waals surface area contributed by atoms with Crippen molar-refractivity contribution in [3.05, 3.63) is 387 Å². The minimum atomic E-state index is 0.448. The van der Waals surface area contributed by atoms with Crippen LogP contribution in [0.4, 0.5) is 0 Å². The van der Waals surface area contributed by atoms with Crippen molar-refractivity contribution >= 4 is 87.5 Å². The monoisotopic (exact) mass is 1570 g/mol. The molecular weight excluding hydrogens is 1490 g/mol. The van der Waals surface area contributed by atoms with Gasteiger partial charge in [-0.3, -0.25) is 0 Å². The largest absolute Gasteiger partial charge is 0.456 e. The van der Waals surface area contributed by atoms with Crippen LogP contribution < -0.4 is 0 Å². The van der Waals surface area contributed by atoms with Crippen LogP contribution in [0.3, 0.4) is 0 Å². The summed E-state index contributed by atoms with van der Waals surface area (Å²) in [6.07, 6.45) is 7.67. The summed E-state index contributed by atoms with van der Waals surface area (Å²) in [7, 11) is 0. The van der Waals surface area contributed by atoms with Crippen molar-refractivity contribution in [2.24, 2.45) is 0 Å². The summed E-state index contributed by atoms with van der Waals surface area (Å²) in [5.41, 5.74) is 33.5. The SMILES string of the molecule is CCC(C)c1ccc(-n2c3ccc(-c4ccc5oc6cccc(-c7cccc(-c8nc(-c9ccccc9)cc(-c9ccccc9)n8)c7)c6c5c4)cc3c3ccc(-c4ccc(-c5cc(-c6ccccc6)nc(-c6cccc(-c7cccc8oc9ccc(-c%10ccc%11c(c%10)c%10ccccc%10n%11-c%10ccc(C%11CCCCC%11)cc%10)cc9c78)c6)n5)cc4)cc32)cc1. The van der Waals surface area contributed by atoms with Gasteiger partial charge in [-0.25, -0.2) is 19.9 Å². The molecule has 122 heavy (non-hydrogen) atoms. The fourth-order valence-corrected chi connectivity index (χ4v) is 19.2. The molecule has 580 valence electrons. The molecule has 0 aliphatic heterocycles. The van der Waals surface area contributed by atoms with Crippen LogP contribution in [-0.2, 0) is 0 Å². The van der Waals surface area contributed by atoms with Crippen molar-refractivity contribution in [3.63, 3.8) is 0 Å². The number of benzene rings is 16. The number of para-hydroxylation sites is 1. The molecule has 1 fully saturated rings. The Morgan fingerprint density at radius 3 is 1.17 bits per heavy atom. The standard InChI is InChI=1S/C114H82N6O2/c1-3-71(2)72-44-53-90(54-45-72)120-105-59-50-81(83-52-61-108-98(67-83)112-91(35-20-39-110(112)122-108)85-30-18-32-87(62-85)113-115-99(76-24-10-5-11-25-76)69-100(116-113)77-26-12-6-13-27-77)65-96(105)94-57-48-84(68-106(94)120)75-40-42-79(43-41-75)102-70-101(78-28-14-7-15-29-78)117-114(118-102)88-33-19-31-86(63-88)92-36-21-38-109-111(92)97-66-82(51-60-107(97)121-109)80-49-58-104-95(64-80)93-34-16-17-37-103(93)119(104)89-55-46-74(47-56-89)73-22-8-4-9-23-73/h5-7,10-21,24-71,73H,3-4,8-9,22-23H2,1-2H3. The lowest BCUT2D eigenvalue weighted by Crippen LogP contribution is -2.04. The first kappa shape index (κ1) is 72.1. The molecule has 1 aliphatic carbocycles. The average Bonchev–Trinajstić information content (AvgIpc) is 1.60. The second kappa shape index (κ2) is 30.0. The van der Waals surface area contributed by atoms with E-state index in [9.17, 15) is 0 Å². The van der Waals surface area contributed by atoms with E-state index in [1.807, 2.05) is 12.1 Å². The summed E-state index contributed by atoms with van der Waals surface area (Å²) in [5.74, 6) is 2.42. The van der Waals surface area contributed by atoms with Crippen molar-refractivity contribution in [2.45, 2.75) is 64.2 Å². The first-order valence-electron chi connectivity index (χ1n) is 42.8. The fourth-order valence-electron chi connectivity index (χ4n) is 19.2. The second-order valence-corrected chi connectivity index (χ2v) is 33.0. The Morgan fingerprint density at radius 1 is 0.279 bits per heavy atom. The molecule has 16 aromatic carbocycles. The van der Waals surface area contributed by atoms with Crippen LogP contribution >= 0.6 is 0 Å². The van der Waals surface area contributed by atoms with Crippen LogP contribution in [0.5, 0.6) is 0 Å². The molecule has 0 radical (unpaired) electrons. The summed E-state index contributed by atoms with van der Waals surface area (Å²) in [6, 6.07) is 136. The van der Waals surface area contributed by atoms with Crippen LogP contribution in [0, 0.1) is 0 Å². The van der Waals surface area contributed by atoms with E-state index in [1.165, 1.54) is 81.5 Å². The first-order valence-corrected chi connectivity index (χ1v) is 42.8. The van der Waals surface area contributed by atoms with E-state index in [1.54, 1.807) is 0 Å². The van der Waals surface area contributed by atoms with Gasteiger partial charge in [0, 0.05) is 87.8 Å². The summed E-state index contributed by atoms with van der Waals surface area (Å²) in [4.78, 5) is 21.2. The van der Waals surface area contributed by atoms with E-state index in [-0.39, 0.29) is 0 Å². The maximum Gasteiger partial charge on any atom is 0.160 e. The number of hydrogen-bond acceptors (Lipinski definition) is 6. The van der Waals surface area contributed by atoms with Crippen LogP contribution in [0.2, 0.25) is 0 Å². The van der Waals surface area contributed by atoms with E-state index >= 15 is 0 Å². The minimum absolute atomic E-state index is 0.448. The molecule has 22 aromatic rings. The molecule has 0 amide bonds. The highest BCUT2D eigenvalue weighted by atomic mass is 16.3. The van der Waals surface area contributed by atoms with E-state index in [0.717, 1.165) is 179 Å².